The Labute approximate surface area is 147 Å². The van der Waals surface area contributed by atoms with Gasteiger partial charge in [-0.3, -0.25) is 10.3 Å². The van der Waals surface area contributed by atoms with Gasteiger partial charge in [-0.05, 0) is 19.9 Å². The van der Waals surface area contributed by atoms with Crippen molar-refractivity contribution in [3.05, 3.63) is 41.9 Å². The first-order valence-electron chi connectivity index (χ1n) is 8.32. The number of allylic oxidation sites excluding steroid dienone is 2. The summed E-state index contributed by atoms with van der Waals surface area (Å²) in [7, 11) is 1.61. The van der Waals surface area contributed by atoms with Gasteiger partial charge in [0.15, 0.2) is 5.82 Å². The normalized spacial score (nSPS) is 12.9. The van der Waals surface area contributed by atoms with Gasteiger partial charge in [0.25, 0.3) is 0 Å². The lowest BCUT2D eigenvalue weighted by Crippen LogP contribution is -2.21. The zero-order valence-electron chi connectivity index (χ0n) is 15.4. The van der Waals surface area contributed by atoms with Gasteiger partial charge in [0, 0.05) is 23.0 Å². The molecule has 3 aromatic rings. The van der Waals surface area contributed by atoms with Crippen LogP contribution in [0.15, 0.2) is 36.0 Å². The number of fused-ring (bicyclic) bond motifs is 3. The number of nitrogens with zero attached hydrogens (tertiary/aromatic N) is 3. The van der Waals surface area contributed by atoms with Gasteiger partial charge in [0.2, 0.25) is 0 Å². The second kappa shape index (κ2) is 6.37. The van der Waals surface area contributed by atoms with Crippen LogP contribution in [0, 0.1) is 12.3 Å². The number of nitrogens with one attached hydrogen (secondary N) is 1. The van der Waals surface area contributed by atoms with Crippen molar-refractivity contribution in [3.8, 4) is 0 Å². The smallest absolute Gasteiger partial charge is 0.152 e. The Kier molecular flexibility index (Phi) is 4.39. The fourth-order valence-electron chi connectivity index (χ4n) is 3.39. The van der Waals surface area contributed by atoms with Crippen LogP contribution >= 0.6 is 0 Å². The minimum Gasteiger partial charge on any atom is -0.382 e. The Morgan fingerprint density at radius 1 is 1.32 bits per heavy atom. The van der Waals surface area contributed by atoms with E-state index in [9.17, 15) is 0 Å². The molecule has 0 amide bonds. The van der Waals surface area contributed by atoms with Crippen LogP contribution in [0.25, 0.3) is 21.9 Å². The number of hydrogen-bond donors (Lipinski definition) is 2. The first kappa shape index (κ1) is 17.2. The fourth-order valence-corrected chi connectivity index (χ4v) is 3.39. The number of anilines is 1. The standard InChI is InChI=1S/C19H25N5O/c1-12(23-25-5)10-19(3,4)11-24-13(2)21-16-17(24)14-8-6-7-9-15(14)22-18(16)20/h6-10,23H,11H2,1-5H3,(H2,20,22). The van der Waals surface area contributed by atoms with Crippen molar-refractivity contribution in [1.82, 2.24) is 20.0 Å². The summed E-state index contributed by atoms with van der Waals surface area (Å²) >= 11 is 0. The Hall–Kier alpha value is -2.60. The van der Waals surface area contributed by atoms with Crippen molar-refractivity contribution in [3.63, 3.8) is 0 Å². The minimum atomic E-state index is -0.104. The summed E-state index contributed by atoms with van der Waals surface area (Å²) in [6, 6.07) is 8.04. The maximum Gasteiger partial charge on any atom is 0.152 e. The molecule has 3 N–H and O–H groups in total. The number of imidazole rings is 1. The van der Waals surface area contributed by atoms with Crippen molar-refractivity contribution in [2.24, 2.45) is 5.41 Å². The molecule has 0 aliphatic rings. The number of pyridine rings is 1. The molecule has 0 atom stereocenters. The van der Waals surface area contributed by atoms with E-state index >= 15 is 0 Å². The molecule has 1 aromatic carbocycles. The molecule has 0 spiro atoms. The van der Waals surface area contributed by atoms with Gasteiger partial charge in [0.1, 0.15) is 11.3 Å². The minimum absolute atomic E-state index is 0.104. The van der Waals surface area contributed by atoms with Crippen LogP contribution < -0.4 is 11.2 Å². The van der Waals surface area contributed by atoms with E-state index in [1.807, 2.05) is 32.0 Å². The lowest BCUT2D eigenvalue weighted by atomic mass is 9.92. The summed E-state index contributed by atoms with van der Waals surface area (Å²) in [5.74, 6) is 1.40. The molecular weight excluding hydrogens is 314 g/mol. The molecule has 0 aliphatic carbocycles. The second-order valence-electron chi connectivity index (χ2n) is 7.08. The molecule has 3 rings (SSSR count). The van der Waals surface area contributed by atoms with E-state index < -0.39 is 0 Å². The number of rotatable bonds is 5. The third-order valence-electron chi connectivity index (χ3n) is 4.24. The van der Waals surface area contributed by atoms with E-state index in [4.69, 9.17) is 10.6 Å². The molecule has 132 valence electrons. The monoisotopic (exact) mass is 339 g/mol. The number of benzene rings is 1. The molecule has 2 aromatic heterocycles. The molecule has 0 radical (unpaired) electrons. The van der Waals surface area contributed by atoms with E-state index in [0.717, 1.165) is 40.0 Å². The highest BCUT2D eigenvalue weighted by Gasteiger charge is 2.21. The van der Waals surface area contributed by atoms with Crippen LogP contribution in [0.2, 0.25) is 0 Å². The molecular formula is C19H25N5O. The lowest BCUT2D eigenvalue weighted by molar-refractivity contribution is 0.116. The van der Waals surface area contributed by atoms with Gasteiger partial charge in [-0.2, -0.15) is 0 Å². The number of nitrogens with two attached hydrogens (primary N) is 1. The molecule has 0 fully saturated rings. The van der Waals surface area contributed by atoms with Crippen LogP contribution in [0.5, 0.6) is 0 Å². The number of aryl methyl sites for hydroxylation is 1. The van der Waals surface area contributed by atoms with E-state index in [1.165, 1.54) is 0 Å². The molecule has 0 saturated carbocycles. The van der Waals surface area contributed by atoms with Gasteiger partial charge in [-0.25, -0.2) is 9.97 Å². The third kappa shape index (κ3) is 3.30. The molecule has 0 aliphatic heterocycles. The predicted molar refractivity (Wildman–Crippen MR) is 102 cm³/mol. The largest absolute Gasteiger partial charge is 0.382 e. The molecule has 0 bridgehead atoms. The number of nitrogen functional groups attached to an aromatic ring is 1. The highest BCUT2D eigenvalue weighted by atomic mass is 16.6. The van der Waals surface area contributed by atoms with Gasteiger partial charge >= 0.3 is 0 Å². The van der Waals surface area contributed by atoms with E-state index in [1.54, 1.807) is 7.11 Å². The van der Waals surface area contributed by atoms with Crippen LogP contribution in [0.4, 0.5) is 5.82 Å². The maximum absolute atomic E-state index is 6.16. The molecule has 0 unspecified atom stereocenters. The number of hydroxylamine groups is 1. The summed E-state index contributed by atoms with van der Waals surface area (Å²) < 4.78 is 2.23. The maximum atomic E-state index is 6.16. The topological polar surface area (TPSA) is 78.0 Å². The summed E-state index contributed by atoms with van der Waals surface area (Å²) in [5.41, 5.74) is 12.6. The van der Waals surface area contributed by atoms with E-state index in [0.29, 0.717) is 5.82 Å². The van der Waals surface area contributed by atoms with Gasteiger partial charge in [0.05, 0.1) is 18.1 Å². The Balaban J connectivity index is 2.16. The van der Waals surface area contributed by atoms with Crippen LogP contribution in [0.3, 0.4) is 0 Å². The van der Waals surface area contributed by atoms with Crippen LogP contribution in [-0.2, 0) is 11.4 Å². The summed E-state index contributed by atoms with van der Waals surface area (Å²) in [6.07, 6.45) is 2.16. The zero-order chi connectivity index (χ0) is 18.2. The predicted octanol–water partition coefficient (Wildman–Crippen LogP) is 3.56. The zero-order valence-corrected chi connectivity index (χ0v) is 15.4. The summed E-state index contributed by atoms with van der Waals surface area (Å²) in [5, 5.41) is 1.07. The van der Waals surface area contributed by atoms with Crippen molar-refractivity contribution in [2.45, 2.75) is 34.2 Å². The average molecular weight is 339 g/mol. The number of aromatic nitrogens is 3. The SMILES string of the molecule is CONC(C)=CC(C)(C)Cn1c(C)nc2c(N)nc3ccccc3c21. The summed E-state index contributed by atoms with van der Waals surface area (Å²) in [6.45, 7) is 9.14. The van der Waals surface area contributed by atoms with Gasteiger partial charge in [-0.15, -0.1) is 0 Å². The Morgan fingerprint density at radius 3 is 2.76 bits per heavy atom. The second-order valence-corrected chi connectivity index (χ2v) is 7.08. The first-order valence-corrected chi connectivity index (χ1v) is 8.32. The van der Waals surface area contributed by atoms with Crippen LogP contribution in [0.1, 0.15) is 26.6 Å². The lowest BCUT2D eigenvalue weighted by Gasteiger charge is -2.24. The molecule has 2 heterocycles. The number of para-hydroxylation sites is 1. The van der Waals surface area contributed by atoms with Crippen molar-refractivity contribution >= 4 is 27.8 Å². The quantitative estimate of drug-likeness (QED) is 0.695. The van der Waals surface area contributed by atoms with Crippen molar-refractivity contribution < 1.29 is 4.84 Å². The average Bonchev–Trinajstić information content (AvgIpc) is 2.84. The third-order valence-corrected chi connectivity index (χ3v) is 4.24. The van der Waals surface area contributed by atoms with Gasteiger partial charge in [-0.1, -0.05) is 38.1 Å². The number of hydrogen-bond acceptors (Lipinski definition) is 5. The highest BCUT2D eigenvalue weighted by Crippen LogP contribution is 2.31. The van der Waals surface area contributed by atoms with Crippen LogP contribution in [-0.4, -0.2) is 21.6 Å². The Morgan fingerprint density at radius 2 is 2.04 bits per heavy atom. The molecule has 6 nitrogen and oxygen atoms in total. The van der Waals surface area contributed by atoms with Crippen molar-refractivity contribution in [2.75, 3.05) is 12.8 Å². The molecule has 6 heteroatoms. The van der Waals surface area contributed by atoms with Gasteiger partial charge < -0.3 is 10.3 Å². The molecule has 0 saturated heterocycles. The van der Waals surface area contributed by atoms with E-state index in [-0.39, 0.29) is 5.41 Å². The highest BCUT2D eigenvalue weighted by molar-refractivity contribution is 6.06. The Bertz CT molecular complexity index is 955. The fraction of sp³-hybridized carbons (Fsp3) is 0.368. The first-order chi connectivity index (χ1) is 11.8. The molecule has 25 heavy (non-hydrogen) atoms. The summed E-state index contributed by atoms with van der Waals surface area (Å²) in [4.78, 5) is 14.2. The van der Waals surface area contributed by atoms with Crippen molar-refractivity contribution in [1.29, 1.82) is 0 Å². The van der Waals surface area contributed by atoms with E-state index in [2.05, 4.69) is 46.0 Å².